The lowest BCUT2D eigenvalue weighted by molar-refractivity contribution is 0.0378. The molecule has 2 bridgehead atoms. The lowest BCUT2D eigenvalue weighted by Gasteiger charge is -2.37. The quantitative estimate of drug-likeness (QED) is 0.130. The highest BCUT2D eigenvalue weighted by molar-refractivity contribution is 7.90. The van der Waals surface area contributed by atoms with Crippen LogP contribution in [0.2, 0.25) is 0 Å². The number of carbonyl (C=O) groups excluding carboxylic acids is 1. The molecule has 4 aromatic carbocycles. The molecule has 1 aliphatic carbocycles. The van der Waals surface area contributed by atoms with E-state index in [2.05, 4.69) is 53.9 Å². The van der Waals surface area contributed by atoms with Crippen LogP contribution in [-0.4, -0.2) is 103 Å². The monoisotopic (exact) mass is 806 g/mol. The summed E-state index contributed by atoms with van der Waals surface area (Å²) in [5.74, 6) is 1.74. The summed E-state index contributed by atoms with van der Waals surface area (Å²) in [7, 11) is -4.17. The zero-order valence-corrected chi connectivity index (χ0v) is 34.6. The number of anilines is 3. The summed E-state index contributed by atoms with van der Waals surface area (Å²) in [5.41, 5.74) is 5.52. The van der Waals surface area contributed by atoms with Crippen LogP contribution in [-0.2, 0) is 21.3 Å². The summed E-state index contributed by atoms with van der Waals surface area (Å²) in [6, 6.07) is 28.6. The number of piperazine rings is 1. The molecular weight excluding hydrogens is 749 g/mol. The summed E-state index contributed by atoms with van der Waals surface area (Å²) >= 11 is 0. The first-order valence-corrected chi connectivity index (χ1v) is 22.6. The first kappa shape index (κ1) is 40.2. The summed E-state index contributed by atoms with van der Waals surface area (Å²) in [5, 5.41) is 3.43. The molecule has 1 amide bonds. The summed E-state index contributed by atoms with van der Waals surface area (Å²) in [6.45, 7) is 13.8. The van der Waals surface area contributed by atoms with Crippen LogP contribution in [0, 0.1) is 18.8 Å². The molecule has 0 atom stereocenters. The Morgan fingerprint density at radius 1 is 0.776 bits per heavy atom. The predicted octanol–water partition coefficient (Wildman–Crippen LogP) is 6.99. The normalized spacial score (nSPS) is 20.4. The van der Waals surface area contributed by atoms with Gasteiger partial charge in [0.2, 0.25) is 0 Å². The van der Waals surface area contributed by atoms with Crippen molar-refractivity contribution in [2.24, 2.45) is 11.8 Å². The topological polar surface area (TPSA) is 107 Å². The second-order valence-corrected chi connectivity index (χ2v) is 18.1. The Hall–Kier alpha value is -4.62. The van der Waals surface area contributed by atoms with Gasteiger partial charge in [-0.15, -0.1) is 0 Å². The van der Waals surface area contributed by atoms with Crippen LogP contribution in [0.15, 0.2) is 95.9 Å². The van der Waals surface area contributed by atoms with Crippen molar-refractivity contribution in [3.8, 4) is 11.5 Å². The average Bonchev–Trinajstić information content (AvgIpc) is 3.58. The van der Waals surface area contributed by atoms with Gasteiger partial charge in [0, 0.05) is 88.6 Å². The van der Waals surface area contributed by atoms with Gasteiger partial charge >= 0.3 is 0 Å². The minimum absolute atomic E-state index is 0.0263. The van der Waals surface area contributed by atoms with Crippen LogP contribution in [0.1, 0.15) is 53.6 Å². The molecule has 4 heterocycles. The fourth-order valence-corrected chi connectivity index (χ4v) is 10.1. The zero-order chi connectivity index (χ0) is 39.9. The minimum Gasteiger partial charge on any atom is -0.456 e. The molecule has 12 heteroatoms. The number of fused-ring (bicyclic) bond motifs is 4. The van der Waals surface area contributed by atoms with Gasteiger partial charge in [0.15, 0.2) is 0 Å². The van der Waals surface area contributed by atoms with Crippen LogP contribution >= 0.6 is 0 Å². The van der Waals surface area contributed by atoms with E-state index >= 15 is 0 Å². The van der Waals surface area contributed by atoms with E-state index in [0.717, 1.165) is 107 Å². The summed E-state index contributed by atoms with van der Waals surface area (Å²) < 4.78 is 41.2. The molecule has 5 fully saturated rings. The highest BCUT2D eigenvalue weighted by Gasteiger charge is 2.31. The Balaban J connectivity index is 0.913. The number of nitrogens with one attached hydrogen (secondary N) is 2. The SMILES string of the molecule is Cc1cc(S(=O)(=O)NC(=O)c2ccc(N3CCN(Cc4ccccc4N4CC5CCC(CC5)C4)CC3)cc2Oc2ccccc2)ccc1NCCCN1CCOCC1. The number of ether oxygens (including phenoxy) is 2. The number of hydrogen-bond donors (Lipinski definition) is 2. The molecule has 4 saturated heterocycles. The number of para-hydroxylation sites is 2. The molecule has 9 rings (SSSR count). The predicted molar refractivity (Wildman–Crippen MR) is 231 cm³/mol. The van der Waals surface area contributed by atoms with E-state index in [-0.39, 0.29) is 10.5 Å². The van der Waals surface area contributed by atoms with Gasteiger partial charge in [-0.3, -0.25) is 14.6 Å². The maximum absolute atomic E-state index is 13.8. The van der Waals surface area contributed by atoms with Gasteiger partial charge < -0.3 is 24.6 Å². The molecule has 0 radical (unpaired) electrons. The van der Waals surface area contributed by atoms with E-state index in [0.29, 0.717) is 11.5 Å². The molecule has 58 heavy (non-hydrogen) atoms. The number of hydrogen-bond acceptors (Lipinski definition) is 10. The highest BCUT2D eigenvalue weighted by Crippen LogP contribution is 2.37. The highest BCUT2D eigenvalue weighted by atomic mass is 32.2. The van der Waals surface area contributed by atoms with Crippen molar-refractivity contribution < 1.29 is 22.7 Å². The zero-order valence-electron chi connectivity index (χ0n) is 33.8. The molecule has 4 aliphatic heterocycles. The van der Waals surface area contributed by atoms with E-state index in [4.69, 9.17) is 9.47 Å². The van der Waals surface area contributed by atoms with Crippen molar-refractivity contribution in [1.29, 1.82) is 0 Å². The Kier molecular flexibility index (Phi) is 12.8. The second kappa shape index (κ2) is 18.5. The van der Waals surface area contributed by atoms with Gasteiger partial charge in [0.25, 0.3) is 15.9 Å². The van der Waals surface area contributed by atoms with Gasteiger partial charge in [-0.25, -0.2) is 13.1 Å². The summed E-state index contributed by atoms with van der Waals surface area (Å²) in [6.07, 6.45) is 6.45. The van der Waals surface area contributed by atoms with Crippen LogP contribution in [0.5, 0.6) is 11.5 Å². The minimum atomic E-state index is -4.17. The smallest absolute Gasteiger partial charge is 0.268 e. The number of aryl methyl sites for hydroxylation is 1. The standard InChI is InChI=1S/C46H58N6O5S/c1-35-30-41(17-19-43(35)47-20-7-21-49-26-28-56-29-27-49)58(54,55)48-46(53)42-18-16-39(31-45(42)57-40-9-3-2-4-10-40)51-24-22-50(23-25-51)34-38-8-5-6-11-44(38)52-32-36-12-13-37(33-52)15-14-36/h2-6,8-11,16-19,30-31,36-37,47H,7,12-15,20-29,32-34H2,1H3,(H,48,53). The number of sulfonamides is 1. The number of carbonyl (C=O) groups is 1. The third kappa shape index (κ3) is 9.97. The van der Waals surface area contributed by atoms with Crippen LogP contribution in [0.25, 0.3) is 0 Å². The fraction of sp³-hybridized carbons (Fsp3) is 0.457. The van der Waals surface area contributed by atoms with Gasteiger partial charge in [-0.2, -0.15) is 0 Å². The molecule has 0 unspecified atom stereocenters. The number of benzene rings is 4. The Morgan fingerprint density at radius 2 is 1.48 bits per heavy atom. The Morgan fingerprint density at radius 3 is 2.21 bits per heavy atom. The molecule has 0 aromatic heterocycles. The molecule has 5 aliphatic rings. The molecule has 1 saturated carbocycles. The van der Waals surface area contributed by atoms with Crippen molar-refractivity contribution in [1.82, 2.24) is 14.5 Å². The summed E-state index contributed by atoms with van der Waals surface area (Å²) in [4.78, 5) is 23.7. The van der Waals surface area contributed by atoms with Crippen molar-refractivity contribution in [3.63, 3.8) is 0 Å². The number of nitrogens with zero attached hydrogens (tertiary/aromatic N) is 4. The molecule has 0 spiro atoms. The van der Waals surface area contributed by atoms with Crippen LogP contribution in [0.4, 0.5) is 17.1 Å². The van der Waals surface area contributed by atoms with E-state index in [1.54, 1.807) is 18.2 Å². The van der Waals surface area contributed by atoms with E-state index in [1.807, 2.05) is 49.4 Å². The third-order valence-corrected chi connectivity index (χ3v) is 13.7. The molecule has 11 nitrogen and oxygen atoms in total. The third-order valence-electron chi connectivity index (χ3n) is 12.4. The fourth-order valence-electron chi connectivity index (χ4n) is 9.03. The van der Waals surface area contributed by atoms with Gasteiger partial charge in [-0.05, 0) is 117 Å². The maximum atomic E-state index is 13.8. The first-order chi connectivity index (χ1) is 28.3. The van der Waals surface area contributed by atoms with E-state index in [9.17, 15) is 13.2 Å². The Bertz CT molecular complexity index is 2100. The molecular formula is C46H58N6O5S. The van der Waals surface area contributed by atoms with E-state index < -0.39 is 15.9 Å². The molecule has 4 aromatic rings. The van der Waals surface area contributed by atoms with Crippen LogP contribution < -0.4 is 24.6 Å². The average molecular weight is 807 g/mol. The second-order valence-electron chi connectivity index (χ2n) is 16.4. The maximum Gasteiger partial charge on any atom is 0.268 e. The van der Waals surface area contributed by atoms with Gasteiger partial charge in [-0.1, -0.05) is 36.4 Å². The van der Waals surface area contributed by atoms with Crippen molar-refractivity contribution in [2.45, 2.75) is 50.5 Å². The van der Waals surface area contributed by atoms with E-state index in [1.165, 1.54) is 56.1 Å². The van der Waals surface area contributed by atoms with Crippen molar-refractivity contribution >= 4 is 33.0 Å². The van der Waals surface area contributed by atoms with Gasteiger partial charge in [0.05, 0.1) is 23.7 Å². The number of amides is 1. The Labute approximate surface area is 344 Å². The first-order valence-electron chi connectivity index (χ1n) is 21.2. The number of rotatable bonds is 14. The van der Waals surface area contributed by atoms with Crippen LogP contribution in [0.3, 0.4) is 0 Å². The largest absolute Gasteiger partial charge is 0.456 e. The lowest BCUT2D eigenvalue weighted by Crippen LogP contribution is -2.46. The molecule has 308 valence electrons. The molecule has 2 N–H and O–H groups in total. The van der Waals surface area contributed by atoms with Crippen molar-refractivity contribution in [3.05, 3.63) is 108 Å². The van der Waals surface area contributed by atoms with Crippen molar-refractivity contribution in [2.75, 3.05) is 93.8 Å². The number of morpholine rings is 1. The van der Waals surface area contributed by atoms with Gasteiger partial charge in [0.1, 0.15) is 11.5 Å². The lowest BCUT2D eigenvalue weighted by atomic mass is 9.84.